The van der Waals surface area contributed by atoms with Gasteiger partial charge in [0.25, 0.3) is 0 Å². The molecule has 44 valence electrons. The monoisotopic (exact) mass is 103 g/mol. The Labute approximate surface area is 44.3 Å². The van der Waals surface area contributed by atoms with E-state index in [4.69, 9.17) is 10.8 Å². The second-order valence-corrected chi connectivity index (χ2v) is 2.50. The molecule has 0 heterocycles. The maximum absolute atomic E-state index is 8.76. The first-order chi connectivity index (χ1) is 2.94. The van der Waals surface area contributed by atoms with E-state index in [-0.39, 0.29) is 0 Å². The van der Waals surface area contributed by atoms with Crippen molar-refractivity contribution in [1.29, 1.82) is 0 Å². The summed E-state index contributed by atoms with van der Waals surface area (Å²) in [7, 11) is 0. The lowest BCUT2D eigenvalue weighted by Crippen LogP contribution is -2.43. The summed E-state index contributed by atoms with van der Waals surface area (Å²) in [5, 5.41) is 8.76. The highest BCUT2D eigenvalue weighted by Gasteiger charge is 2.16. The molecule has 0 unspecified atom stereocenters. The summed E-state index contributed by atoms with van der Waals surface area (Å²) in [6, 6.07) is 0. The van der Waals surface area contributed by atoms with Gasteiger partial charge in [-0.1, -0.05) is 0 Å². The van der Waals surface area contributed by atoms with Crippen LogP contribution >= 0.6 is 0 Å². The van der Waals surface area contributed by atoms with Crippen LogP contribution in [0.4, 0.5) is 0 Å². The smallest absolute Gasteiger partial charge is 0.0686 e. The van der Waals surface area contributed by atoms with Crippen molar-refractivity contribution in [3.05, 3.63) is 0 Å². The van der Waals surface area contributed by atoms with Crippen LogP contribution in [0, 0.1) is 0 Å². The van der Waals surface area contributed by atoms with Gasteiger partial charge in [-0.25, -0.2) is 0 Å². The third-order valence-electron chi connectivity index (χ3n) is 1.08. The molecular formula is C5H13NO. The molecule has 0 aliphatic heterocycles. The fraction of sp³-hybridized carbons (Fsp3) is 1.00. The normalized spacial score (nSPS) is 16.7. The molecule has 1 atom stereocenters. The zero-order valence-electron chi connectivity index (χ0n) is 5.10. The molecule has 0 aliphatic rings. The lowest BCUT2D eigenvalue weighted by molar-refractivity contribution is 0.122. The van der Waals surface area contributed by atoms with Gasteiger partial charge in [0, 0.05) is 5.54 Å². The van der Waals surface area contributed by atoms with Crippen LogP contribution in [0.3, 0.4) is 0 Å². The van der Waals surface area contributed by atoms with Gasteiger partial charge in [-0.3, -0.25) is 0 Å². The molecule has 2 heteroatoms. The summed E-state index contributed by atoms with van der Waals surface area (Å²) < 4.78 is 0. The van der Waals surface area contributed by atoms with Crippen LogP contribution < -0.4 is 5.73 Å². The standard InChI is InChI=1S/C5H13NO/c1-4(7)5(2,3)6/h4,7H,6H2,1-3H3/t4-/m1/s1. The highest BCUT2D eigenvalue weighted by molar-refractivity contribution is 4.77. The van der Waals surface area contributed by atoms with Gasteiger partial charge in [0.2, 0.25) is 0 Å². The van der Waals surface area contributed by atoms with Gasteiger partial charge in [0.05, 0.1) is 6.10 Å². The Morgan fingerprint density at radius 2 is 1.71 bits per heavy atom. The molecule has 0 aromatic carbocycles. The van der Waals surface area contributed by atoms with Crippen LogP contribution in [0.25, 0.3) is 0 Å². The van der Waals surface area contributed by atoms with Crippen molar-refractivity contribution in [2.45, 2.75) is 32.4 Å². The Hall–Kier alpha value is -0.0800. The number of hydrogen-bond donors (Lipinski definition) is 2. The number of aliphatic hydroxyl groups is 1. The van der Waals surface area contributed by atoms with Gasteiger partial charge in [-0.05, 0) is 20.8 Å². The van der Waals surface area contributed by atoms with Crippen LogP contribution in [-0.4, -0.2) is 16.7 Å². The molecule has 0 aromatic heterocycles. The zero-order valence-corrected chi connectivity index (χ0v) is 5.10. The minimum atomic E-state index is -0.444. The lowest BCUT2D eigenvalue weighted by Gasteiger charge is -2.21. The van der Waals surface area contributed by atoms with Crippen molar-refractivity contribution in [1.82, 2.24) is 0 Å². The fourth-order valence-electron chi connectivity index (χ4n) is 0. The first kappa shape index (κ1) is 6.92. The molecule has 0 fully saturated rings. The predicted octanol–water partition coefficient (Wildman–Crippen LogP) is 0.104. The van der Waals surface area contributed by atoms with Gasteiger partial charge in [-0.2, -0.15) is 0 Å². The van der Waals surface area contributed by atoms with E-state index < -0.39 is 11.6 Å². The molecule has 0 spiro atoms. The van der Waals surface area contributed by atoms with Gasteiger partial charge >= 0.3 is 0 Å². The molecule has 3 N–H and O–H groups in total. The Bertz CT molecular complexity index is 53.6. The third kappa shape index (κ3) is 2.60. The van der Waals surface area contributed by atoms with E-state index in [0.29, 0.717) is 0 Å². The van der Waals surface area contributed by atoms with Gasteiger partial charge in [-0.15, -0.1) is 0 Å². The van der Waals surface area contributed by atoms with Crippen LogP contribution in [-0.2, 0) is 0 Å². The first-order valence-corrected chi connectivity index (χ1v) is 2.41. The molecule has 7 heavy (non-hydrogen) atoms. The molecule has 0 saturated carbocycles. The molecule has 0 rings (SSSR count). The largest absolute Gasteiger partial charge is 0.392 e. The summed E-state index contributed by atoms with van der Waals surface area (Å²) in [4.78, 5) is 0. The van der Waals surface area contributed by atoms with Crippen molar-refractivity contribution in [3.8, 4) is 0 Å². The van der Waals surface area contributed by atoms with Crippen molar-refractivity contribution in [2.24, 2.45) is 5.73 Å². The summed E-state index contributed by atoms with van der Waals surface area (Å²) in [6.07, 6.45) is -0.424. The van der Waals surface area contributed by atoms with E-state index >= 15 is 0 Å². The van der Waals surface area contributed by atoms with Crippen LogP contribution in [0.1, 0.15) is 20.8 Å². The lowest BCUT2D eigenvalue weighted by atomic mass is 10.0. The summed E-state index contributed by atoms with van der Waals surface area (Å²) >= 11 is 0. The Balaban J connectivity index is 3.54. The highest BCUT2D eigenvalue weighted by atomic mass is 16.3. The van der Waals surface area contributed by atoms with E-state index in [0.717, 1.165) is 0 Å². The van der Waals surface area contributed by atoms with E-state index in [1.54, 1.807) is 20.8 Å². The maximum Gasteiger partial charge on any atom is 0.0686 e. The van der Waals surface area contributed by atoms with E-state index in [9.17, 15) is 0 Å². The van der Waals surface area contributed by atoms with Gasteiger partial charge < -0.3 is 10.8 Å². The summed E-state index contributed by atoms with van der Waals surface area (Å²) in [5.74, 6) is 0. The molecule has 0 aromatic rings. The van der Waals surface area contributed by atoms with Crippen LogP contribution in [0.2, 0.25) is 0 Å². The molecular weight excluding hydrogens is 90.1 g/mol. The van der Waals surface area contributed by atoms with E-state index in [2.05, 4.69) is 0 Å². The van der Waals surface area contributed by atoms with Crippen molar-refractivity contribution in [2.75, 3.05) is 0 Å². The Morgan fingerprint density at radius 1 is 1.57 bits per heavy atom. The van der Waals surface area contributed by atoms with Crippen molar-refractivity contribution < 1.29 is 5.11 Å². The Kier molecular flexibility index (Phi) is 1.78. The van der Waals surface area contributed by atoms with E-state index in [1.807, 2.05) is 0 Å². The minimum absolute atomic E-state index is 0.424. The van der Waals surface area contributed by atoms with Crippen molar-refractivity contribution >= 4 is 0 Å². The van der Waals surface area contributed by atoms with Crippen LogP contribution in [0.5, 0.6) is 0 Å². The molecule has 0 saturated heterocycles. The highest BCUT2D eigenvalue weighted by Crippen LogP contribution is 2.01. The minimum Gasteiger partial charge on any atom is -0.392 e. The second-order valence-electron chi connectivity index (χ2n) is 2.50. The topological polar surface area (TPSA) is 46.2 Å². The zero-order chi connectivity index (χ0) is 6.08. The molecule has 0 aliphatic carbocycles. The third-order valence-corrected chi connectivity index (χ3v) is 1.08. The van der Waals surface area contributed by atoms with Gasteiger partial charge in [0.1, 0.15) is 0 Å². The molecule has 2 nitrogen and oxygen atoms in total. The molecule has 0 bridgehead atoms. The second kappa shape index (κ2) is 1.80. The summed E-state index contributed by atoms with van der Waals surface area (Å²) in [5.41, 5.74) is 4.98. The van der Waals surface area contributed by atoms with Crippen LogP contribution in [0.15, 0.2) is 0 Å². The predicted molar refractivity (Wildman–Crippen MR) is 29.9 cm³/mol. The summed E-state index contributed by atoms with van der Waals surface area (Å²) in [6.45, 7) is 5.26. The maximum atomic E-state index is 8.76. The number of hydrogen-bond acceptors (Lipinski definition) is 2. The fourth-order valence-corrected chi connectivity index (χ4v) is 0. The average Bonchev–Trinajstić information content (AvgIpc) is 1.31. The number of aliphatic hydroxyl groups excluding tert-OH is 1. The number of rotatable bonds is 1. The SMILES string of the molecule is C[C@@H](O)C(C)(C)N. The number of nitrogens with two attached hydrogens (primary N) is 1. The molecule has 0 radical (unpaired) electrons. The quantitative estimate of drug-likeness (QED) is 0.494. The average molecular weight is 103 g/mol. The first-order valence-electron chi connectivity index (χ1n) is 2.41. The van der Waals surface area contributed by atoms with Gasteiger partial charge in [0.15, 0.2) is 0 Å². The molecule has 0 amide bonds. The van der Waals surface area contributed by atoms with E-state index in [1.165, 1.54) is 0 Å². The Morgan fingerprint density at radius 3 is 1.71 bits per heavy atom. The van der Waals surface area contributed by atoms with Crippen molar-refractivity contribution in [3.63, 3.8) is 0 Å².